The summed E-state index contributed by atoms with van der Waals surface area (Å²) in [7, 11) is 1.85. The summed E-state index contributed by atoms with van der Waals surface area (Å²) in [5, 5.41) is 15.2. The smallest absolute Gasteiger partial charge is 0.158 e. The van der Waals surface area contributed by atoms with Gasteiger partial charge in [-0.25, -0.2) is 14.4 Å². The van der Waals surface area contributed by atoms with Crippen LogP contribution in [0.5, 0.6) is 0 Å². The lowest BCUT2D eigenvalue weighted by Crippen LogP contribution is -2.04. The average Bonchev–Trinajstić information content (AvgIpc) is 3.39. The number of pyridine rings is 1. The van der Waals surface area contributed by atoms with E-state index < -0.39 is 0 Å². The van der Waals surface area contributed by atoms with Gasteiger partial charge in [0, 0.05) is 37.1 Å². The molecule has 0 amide bonds. The van der Waals surface area contributed by atoms with Gasteiger partial charge in [0.05, 0.1) is 18.0 Å². The van der Waals surface area contributed by atoms with Crippen molar-refractivity contribution in [2.75, 3.05) is 5.32 Å². The van der Waals surface area contributed by atoms with Crippen molar-refractivity contribution in [3.05, 3.63) is 72.1 Å². The zero-order valence-corrected chi connectivity index (χ0v) is 17.0. The summed E-state index contributed by atoms with van der Waals surface area (Å²) in [6, 6.07) is 8.87. The Kier molecular flexibility index (Phi) is 4.62. The van der Waals surface area contributed by atoms with Crippen LogP contribution in [0.25, 0.3) is 33.7 Å². The number of imidazole rings is 1. The zero-order valence-electron chi connectivity index (χ0n) is 17.0. The van der Waals surface area contributed by atoms with Crippen molar-refractivity contribution in [2.45, 2.75) is 13.5 Å². The first-order chi connectivity index (χ1) is 15.1. The van der Waals surface area contributed by atoms with E-state index in [2.05, 4.69) is 35.6 Å². The van der Waals surface area contributed by atoms with E-state index in [1.807, 2.05) is 38.4 Å². The van der Waals surface area contributed by atoms with Gasteiger partial charge in [-0.1, -0.05) is 12.1 Å². The standard InChI is InChI=1S/C22H19FN8/c1-13-7-19(30-26-9-13)25-10-15-4-3-14(8-18(15)23)17-5-6-24-22-20(17)28-21(29-22)16-11-27-31(2)12-16/h3-9,11-12H,10H2,1-2H3,(H,25,30)(H,24,28,29). The Morgan fingerprint density at radius 2 is 2.03 bits per heavy atom. The molecule has 9 heteroatoms. The van der Waals surface area contributed by atoms with Crippen molar-refractivity contribution < 1.29 is 4.39 Å². The summed E-state index contributed by atoms with van der Waals surface area (Å²) >= 11 is 0. The molecule has 0 spiro atoms. The van der Waals surface area contributed by atoms with E-state index in [9.17, 15) is 4.39 Å². The predicted octanol–water partition coefficient (Wildman–Crippen LogP) is 3.88. The zero-order chi connectivity index (χ0) is 21.4. The van der Waals surface area contributed by atoms with Crippen LogP contribution in [0.1, 0.15) is 11.1 Å². The summed E-state index contributed by atoms with van der Waals surface area (Å²) in [6.45, 7) is 2.24. The molecule has 4 heterocycles. The summed E-state index contributed by atoms with van der Waals surface area (Å²) in [4.78, 5) is 12.3. The van der Waals surface area contributed by atoms with Gasteiger partial charge in [-0.2, -0.15) is 10.2 Å². The van der Waals surface area contributed by atoms with Crippen LogP contribution in [0.15, 0.2) is 55.1 Å². The number of hydrogen-bond acceptors (Lipinski definition) is 6. The number of aromatic nitrogens is 7. The normalized spacial score (nSPS) is 11.2. The van der Waals surface area contributed by atoms with Gasteiger partial charge in [-0.05, 0) is 36.2 Å². The molecule has 4 aromatic heterocycles. The number of halogens is 1. The first-order valence-corrected chi connectivity index (χ1v) is 9.72. The molecule has 1 aromatic carbocycles. The maximum Gasteiger partial charge on any atom is 0.158 e. The molecule has 0 saturated carbocycles. The van der Waals surface area contributed by atoms with Crippen LogP contribution < -0.4 is 5.32 Å². The second kappa shape index (κ2) is 7.60. The minimum Gasteiger partial charge on any atom is -0.364 e. The maximum atomic E-state index is 14.9. The van der Waals surface area contributed by atoms with Crippen LogP contribution in [0.3, 0.4) is 0 Å². The average molecular weight is 414 g/mol. The molecule has 0 atom stereocenters. The van der Waals surface area contributed by atoms with Crippen LogP contribution in [0, 0.1) is 12.7 Å². The number of rotatable bonds is 5. The van der Waals surface area contributed by atoms with Gasteiger partial charge in [0.15, 0.2) is 5.65 Å². The van der Waals surface area contributed by atoms with E-state index in [0.717, 1.165) is 22.3 Å². The lowest BCUT2D eigenvalue weighted by Gasteiger charge is -2.09. The number of nitrogens with one attached hydrogen (secondary N) is 2. The fourth-order valence-electron chi connectivity index (χ4n) is 3.42. The minimum absolute atomic E-state index is 0.307. The molecule has 154 valence electrons. The number of hydrogen-bond donors (Lipinski definition) is 2. The number of H-pyrrole nitrogens is 1. The van der Waals surface area contributed by atoms with Crippen LogP contribution in [-0.2, 0) is 13.6 Å². The van der Waals surface area contributed by atoms with Gasteiger partial charge in [0.2, 0.25) is 0 Å². The third-order valence-electron chi connectivity index (χ3n) is 4.98. The molecule has 0 aliphatic rings. The highest BCUT2D eigenvalue weighted by molar-refractivity contribution is 5.91. The molecular weight excluding hydrogens is 395 g/mol. The van der Waals surface area contributed by atoms with E-state index >= 15 is 0 Å². The topological polar surface area (TPSA) is 97.2 Å². The Labute approximate surface area is 177 Å². The van der Waals surface area contributed by atoms with E-state index in [1.165, 1.54) is 6.07 Å². The first-order valence-electron chi connectivity index (χ1n) is 9.72. The number of aryl methyl sites for hydroxylation is 2. The van der Waals surface area contributed by atoms with Crippen molar-refractivity contribution in [2.24, 2.45) is 7.05 Å². The quantitative estimate of drug-likeness (QED) is 0.453. The molecule has 5 aromatic rings. The summed E-state index contributed by atoms with van der Waals surface area (Å²) < 4.78 is 16.6. The highest BCUT2D eigenvalue weighted by Crippen LogP contribution is 2.29. The van der Waals surface area contributed by atoms with E-state index in [1.54, 1.807) is 29.3 Å². The van der Waals surface area contributed by atoms with E-state index in [4.69, 9.17) is 0 Å². The lowest BCUT2D eigenvalue weighted by molar-refractivity contribution is 0.613. The molecule has 0 fully saturated rings. The SMILES string of the molecule is Cc1cnnc(NCc2ccc(-c3ccnc4[nH]c(-c5cnn(C)c5)nc34)cc2F)c1. The molecule has 31 heavy (non-hydrogen) atoms. The molecule has 2 N–H and O–H groups in total. The predicted molar refractivity (Wildman–Crippen MR) is 116 cm³/mol. The summed E-state index contributed by atoms with van der Waals surface area (Å²) in [6.07, 6.45) is 6.96. The Balaban J connectivity index is 1.44. The Bertz CT molecular complexity index is 1390. The molecule has 0 radical (unpaired) electrons. The highest BCUT2D eigenvalue weighted by Gasteiger charge is 2.14. The molecule has 0 saturated heterocycles. The highest BCUT2D eigenvalue weighted by atomic mass is 19.1. The van der Waals surface area contributed by atoms with Crippen molar-refractivity contribution in [1.82, 2.24) is 34.9 Å². The third-order valence-corrected chi connectivity index (χ3v) is 4.98. The molecule has 5 rings (SSSR count). The van der Waals surface area contributed by atoms with Crippen molar-refractivity contribution in [3.63, 3.8) is 0 Å². The van der Waals surface area contributed by atoms with Crippen molar-refractivity contribution in [3.8, 4) is 22.5 Å². The summed E-state index contributed by atoms with van der Waals surface area (Å²) in [5.41, 5.74) is 5.24. The van der Waals surface area contributed by atoms with Crippen molar-refractivity contribution >= 4 is 17.0 Å². The van der Waals surface area contributed by atoms with Gasteiger partial charge in [-0.3, -0.25) is 4.68 Å². The number of fused-ring (bicyclic) bond motifs is 1. The summed E-state index contributed by atoms with van der Waals surface area (Å²) in [5.74, 6) is 0.973. The van der Waals surface area contributed by atoms with Crippen LogP contribution in [0.4, 0.5) is 10.2 Å². The van der Waals surface area contributed by atoms with Gasteiger partial charge in [-0.15, -0.1) is 5.10 Å². The molecule has 0 aliphatic carbocycles. The number of nitrogens with zero attached hydrogens (tertiary/aromatic N) is 6. The second-order valence-corrected chi connectivity index (χ2v) is 7.32. The Hall–Kier alpha value is -4.14. The molecular formula is C22H19FN8. The van der Waals surface area contributed by atoms with Crippen LogP contribution in [-0.4, -0.2) is 34.9 Å². The fraction of sp³-hybridized carbons (Fsp3) is 0.136. The van der Waals surface area contributed by atoms with Crippen LogP contribution in [0.2, 0.25) is 0 Å². The third kappa shape index (κ3) is 3.73. The van der Waals surface area contributed by atoms with Crippen LogP contribution >= 0.6 is 0 Å². The van der Waals surface area contributed by atoms with E-state index in [0.29, 0.717) is 34.9 Å². The minimum atomic E-state index is -0.307. The molecule has 8 nitrogen and oxygen atoms in total. The second-order valence-electron chi connectivity index (χ2n) is 7.32. The van der Waals surface area contributed by atoms with Gasteiger partial charge in [0.1, 0.15) is 23.0 Å². The number of anilines is 1. The monoisotopic (exact) mass is 414 g/mol. The van der Waals surface area contributed by atoms with Gasteiger partial charge >= 0.3 is 0 Å². The molecule has 0 bridgehead atoms. The molecule has 0 aliphatic heterocycles. The maximum absolute atomic E-state index is 14.9. The van der Waals surface area contributed by atoms with E-state index in [-0.39, 0.29) is 5.82 Å². The first kappa shape index (κ1) is 18.9. The van der Waals surface area contributed by atoms with Gasteiger partial charge in [0.25, 0.3) is 0 Å². The van der Waals surface area contributed by atoms with Crippen molar-refractivity contribution in [1.29, 1.82) is 0 Å². The number of aromatic amines is 1. The molecule has 0 unspecified atom stereocenters. The Morgan fingerprint density at radius 3 is 2.81 bits per heavy atom. The number of benzene rings is 1. The largest absolute Gasteiger partial charge is 0.364 e. The Morgan fingerprint density at radius 1 is 1.13 bits per heavy atom. The lowest BCUT2D eigenvalue weighted by atomic mass is 10.0. The fourth-order valence-corrected chi connectivity index (χ4v) is 3.42. The van der Waals surface area contributed by atoms with Gasteiger partial charge < -0.3 is 10.3 Å².